The average Bonchev–Trinajstić information content (AvgIpc) is 2.50. The summed E-state index contributed by atoms with van der Waals surface area (Å²) in [7, 11) is 2.94. The minimum Gasteiger partial charge on any atom is -0.469 e. The van der Waals surface area contributed by atoms with Crippen molar-refractivity contribution >= 4 is 11.8 Å². The zero-order chi connectivity index (χ0) is 14.8. The molecule has 0 saturated carbocycles. The van der Waals surface area contributed by atoms with Crippen LogP contribution in [0.2, 0.25) is 0 Å². The lowest BCUT2D eigenvalue weighted by Gasteiger charge is -2.16. The molecule has 0 bridgehead atoms. The summed E-state index contributed by atoms with van der Waals surface area (Å²) in [6, 6.07) is 8.35. The van der Waals surface area contributed by atoms with Gasteiger partial charge >= 0.3 is 5.97 Å². The van der Waals surface area contributed by atoms with Gasteiger partial charge in [0.2, 0.25) is 0 Å². The van der Waals surface area contributed by atoms with E-state index in [1.807, 2.05) is 6.07 Å². The van der Waals surface area contributed by atoms with Crippen molar-refractivity contribution in [3.05, 3.63) is 35.9 Å². The van der Waals surface area contributed by atoms with E-state index in [9.17, 15) is 9.59 Å². The predicted molar refractivity (Wildman–Crippen MR) is 75.7 cm³/mol. The number of carbonyl (C=O) groups excluding carboxylic acids is 2. The van der Waals surface area contributed by atoms with E-state index in [2.05, 4.69) is 10.1 Å². The predicted octanol–water partition coefficient (Wildman–Crippen LogP) is 1.43. The van der Waals surface area contributed by atoms with Gasteiger partial charge in [-0.15, -0.1) is 0 Å². The second-order valence-corrected chi connectivity index (χ2v) is 4.36. The highest BCUT2D eigenvalue weighted by Crippen LogP contribution is 2.07. The van der Waals surface area contributed by atoms with Crippen LogP contribution in [0.5, 0.6) is 0 Å². The summed E-state index contributed by atoms with van der Waals surface area (Å²) in [6.45, 7) is 1.21. The van der Waals surface area contributed by atoms with Crippen LogP contribution in [0, 0.1) is 0 Å². The van der Waals surface area contributed by atoms with Crippen LogP contribution in [0.1, 0.15) is 23.2 Å². The number of esters is 1. The minimum atomic E-state index is -0.568. The van der Waals surface area contributed by atoms with Crippen LogP contribution in [0.3, 0.4) is 0 Å². The molecule has 0 aromatic heterocycles. The molecule has 1 aromatic rings. The molecular weight excluding hydrogens is 258 g/mol. The van der Waals surface area contributed by atoms with Crippen molar-refractivity contribution in [2.45, 2.75) is 18.9 Å². The lowest BCUT2D eigenvalue weighted by molar-refractivity contribution is -0.140. The van der Waals surface area contributed by atoms with E-state index in [0.717, 1.165) is 6.42 Å². The lowest BCUT2D eigenvalue weighted by Crippen LogP contribution is -2.39. The summed E-state index contributed by atoms with van der Waals surface area (Å²) in [5.41, 5.74) is 0.584. The van der Waals surface area contributed by atoms with Crippen LogP contribution in [0.4, 0.5) is 0 Å². The molecule has 5 heteroatoms. The van der Waals surface area contributed by atoms with E-state index in [1.165, 1.54) is 7.11 Å². The molecule has 1 unspecified atom stereocenters. The van der Waals surface area contributed by atoms with Crippen LogP contribution in [-0.2, 0) is 14.3 Å². The van der Waals surface area contributed by atoms with Crippen molar-refractivity contribution in [3.8, 4) is 0 Å². The maximum atomic E-state index is 12.4. The SMILES string of the molecule is COCCCNC(CC(=O)OC)C(=O)c1ccccc1. The summed E-state index contributed by atoms with van der Waals surface area (Å²) in [5.74, 6) is -0.507. The second-order valence-electron chi connectivity index (χ2n) is 4.36. The smallest absolute Gasteiger partial charge is 0.307 e. The highest BCUT2D eigenvalue weighted by Gasteiger charge is 2.22. The normalized spacial score (nSPS) is 11.9. The molecule has 0 aliphatic heterocycles. The third-order valence-electron chi connectivity index (χ3n) is 2.89. The standard InChI is InChI=1S/C15H21NO4/c1-19-10-6-9-16-13(11-14(17)20-2)15(18)12-7-4-3-5-8-12/h3-5,7-8,13,16H,6,9-11H2,1-2H3. The number of methoxy groups -OCH3 is 2. The monoisotopic (exact) mass is 279 g/mol. The van der Waals surface area contributed by atoms with E-state index in [1.54, 1.807) is 31.4 Å². The number of rotatable bonds is 9. The molecule has 0 radical (unpaired) electrons. The number of hydrogen-bond acceptors (Lipinski definition) is 5. The van der Waals surface area contributed by atoms with Crippen LogP contribution in [-0.4, -0.2) is 45.2 Å². The first-order valence-electron chi connectivity index (χ1n) is 6.57. The third-order valence-corrected chi connectivity index (χ3v) is 2.89. The van der Waals surface area contributed by atoms with Crippen LogP contribution >= 0.6 is 0 Å². The van der Waals surface area contributed by atoms with Crippen molar-refractivity contribution in [2.24, 2.45) is 0 Å². The van der Waals surface area contributed by atoms with E-state index < -0.39 is 12.0 Å². The summed E-state index contributed by atoms with van der Waals surface area (Å²) in [4.78, 5) is 23.8. The number of benzene rings is 1. The first kappa shape index (κ1) is 16.3. The summed E-state index contributed by atoms with van der Waals surface area (Å²) in [6.07, 6.45) is 0.799. The Morgan fingerprint density at radius 2 is 1.90 bits per heavy atom. The van der Waals surface area contributed by atoms with Gasteiger partial charge in [0.05, 0.1) is 19.6 Å². The van der Waals surface area contributed by atoms with Crippen molar-refractivity contribution in [3.63, 3.8) is 0 Å². The first-order valence-corrected chi connectivity index (χ1v) is 6.57. The molecule has 0 fully saturated rings. The van der Waals surface area contributed by atoms with Gasteiger partial charge in [-0.05, 0) is 13.0 Å². The largest absolute Gasteiger partial charge is 0.469 e. The molecule has 0 saturated heterocycles. The number of Topliss-reactive ketones (excluding diaryl/α,β-unsaturated/α-hetero) is 1. The Morgan fingerprint density at radius 1 is 1.20 bits per heavy atom. The van der Waals surface area contributed by atoms with E-state index in [0.29, 0.717) is 18.7 Å². The van der Waals surface area contributed by atoms with Crippen molar-refractivity contribution < 1.29 is 19.1 Å². The molecule has 0 heterocycles. The Balaban J connectivity index is 2.65. The van der Waals surface area contributed by atoms with Crippen molar-refractivity contribution in [1.82, 2.24) is 5.32 Å². The van der Waals surface area contributed by atoms with Gasteiger partial charge in [0.25, 0.3) is 0 Å². The van der Waals surface area contributed by atoms with Crippen molar-refractivity contribution in [2.75, 3.05) is 27.4 Å². The van der Waals surface area contributed by atoms with Crippen LogP contribution < -0.4 is 5.32 Å². The number of nitrogens with one attached hydrogen (secondary N) is 1. The van der Waals surface area contributed by atoms with Gasteiger partial charge in [-0.25, -0.2) is 0 Å². The minimum absolute atomic E-state index is 0.0250. The van der Waals surface area contributed by atoms with Crippen molar-refractivity contribution in [1.29, 1.82) is 0 Å². The fourth-order valence-electron chi connectivity index (χ4n) is 1.80. The highest BCUT2D eigenvalue weighted by atomic mass is 16.5. The molecule has 20 heavy (non-hydrogen) atoms. The van der Waals surface area contributed by atoms with Gasteiger partial charge in [0, 0.05) is 19.3 Å². The molecule has 1 rings (SSSR count). The molecule has 1 aromatic carbocycles. The van der Waals surface area contributed by atoms with Gasteiger partial charge in [0.15, 0.2) is 5.78 Å². The third kappa shape index (κ3) is 5.50. The number of ketones is 1. The van der Waals surface area contributed by atoms with Crippen LogP contribution in [0.25, 0.3) is 0 Å². The van der Waals surface area contributed by atoms with Gasteiger partial charge in [-0.3, -0.25) is 9.59 Å². The van der Waals surface area contributed by atoms with E-state index in [4.69, 9.17) is 4.74 Å². The molecule has 110 valence electrons. The second kappa shape index (κ2) is 9.23. The fraction of sp³-hybridized carbons (Fsp3) is 0.467. The first-order chi connectivity index (χ1) is 9.69. The average molecular weight is 279 g/mol. The Morgan fingerprint density at radius 3 is 2.50 bits per heavy atom. The maximum absolute atomic E-state index is 12.4. The van der Waals surface area contributed by atoms with Gasteiger partial charge in [0.1, 0.15) is 0 Å². The quantitative estimate of drug-likeness (QED) is 0.421. The van der Waals surface area contributed by atoms with Gasteiger partial charge in [-0.1, -0.05) is 30.3 Å². The molecular formula is C15H21NO4. The van der Waals surface area contributed by atoms with Gasteiger partial charge < -0.3 is 14.8 Å². The Labute approximate surface area is 119 Å². The topological polar surface area (TPSA) is 64.6 Å². The van der Waals surface area contributed by atoms with Gasteiger partial charge in [-0.2, -0.15) is 0 Å². The zero-order valence-electron chi connectivity index (χ0n) is 11.9. The molecule has 0 aliphatic carbocycles. The summed E-state index contributed by atoms with van der Waals surface area (Å²) in [5, 5.41) is 3.09. The van der Waals surface area contributed by atoms with E-state index >= 15 is 0 Å². The number of carbonyl (C=O) groups is 2. The van der Waals surface area contributed by atoms with E-state index in [-0.39, 0.29) is 12.2 Å². The van der Waals surface area contributed by atoms with Crippen LogP contribution in [0.15, 0.2) is 30.3 Å². The Kier molecular flexibility index (Phi) is 7.54. The summed E-state index contributed by atoms with van der Waals surface area (Å²) >= 11 is 0. The number of hydrogen-bond donors (Lipinski definition) is 1. The lowest BCUT2D eigenvalue weighted by atomic mass is 10.0. The molecule has 5 nitrogen and oxygen atoms in total. The molecule has 1 N–H and O–H groups in total. The molecule has 0 aliphatic rings. The maximum Gasteiger partial charge on any atom is 0.307 e. The summed E-state index contributed by atoms with van der Waals surface area (Å²) < 4.78 is 9.59. The fourth-order valence-corrected chi connectivity index (χ4v) is 1.80. The number of ether oxygens (including phenoxy) is 2. The molecule has 0 amide bonds. The zero-order valence-corrected chi connectivity index (χ0v) is 11.9. The molecule has 0 spiro atoms. The Hall–Kier alpha value is -1.72. The molecule has 1 atom stereocenters. The Bertz CT molecular complexity index is 419. The highest BCUT2D eigenvalue weighted by molar-refractivity contribution is 6.01.